The van der Waals surface area contributed by atoms with Crippen LogP contribution in [0, 0.1) is 11.7 Å². The molecular formula is C20H24FN5O4S. The summed E-state index contributed by atoms with van der Waals surface area (Å²) in [4.78, 5) is 22.8. The molecule has 166 valence electrons. The van der Waals surface area contributed by atoms with Crippen LogP contribution in [-0.4, -0.2) is 68.0 Å². The zero-order valence-corrected chi connectivity index (χ0v) is 17.7. The summed E-state index contributed by atoms with van der Waals surface area (Å²) >= 11 is 0. The van der Waals surface area contributed by atoms with Gasteiger partial charge in [-0.05, 0) is 37.1 Å². The van der Waals surface area contributed by atoms with Crippen molar-refractivity contribution in [1.29, 1.82) is 0 Å². The molecule has 31 heavy (non-hydrogen) atoms. The van der Waals surface area contributed by atoms with Crippen molar-refractivity contribution in [2.24, 2.45) is 5.92 Å². The molecule has 2 aliphatic rings. The van der Waals surface area contributed by atoms with Crippen molar-refractivity contribution in [3.05, 3.63) is 42.5 Å². The number of rotatable bonds is 5. The third-order valence-corrected chi connectivity index (χ3v) is 7.40. The Morgan fingerprint density at radius 3 is 2.45 bits per heavy atom. The summed E-state index contributed by atoms with van der Waals surface area (Å²) in [6.07, 6.45) is 4.59. The maximum Gasteiger partial charge on any atom is 0.246 e. The summed E-state index contributed by atoms with van der Waals surface area (Å²) in [6.45, 7) is 2.16. The molecule has 0 saturated carbocycles. The van der Waals surface area contributed by atoms with Crippen molar-refractivity contribution in [2.45, 2.75) is 17.7 Å². The van der Waals surface area contributed by atoms with E-state index in [2.05, 4.69) is 15.3 Å². The molecule has 1 N–H and O–H groups in total. The molecule has 4 rings (SSSR count). The van der Waals surface area contributed by atoms with Gasteiger partial charge in [-0.2, -0.15) is 4.31 Å². The number of amides is 1. The molecule has 0 radical (unpaired) electrons. The average molecular weight is 450 g/mol. The minimum absolute atomic E-state index is 0.169. The van der Waals surface area contributed by atoms with Crippen LogP contribution in [0.1, 0.15) is 12.8 Å². The number of piperidine rings is 1. The van der Waals surface area contributed by atoms with Gasteiger partial charge in [0.25, 0.3) is 0 Å². The lowest BCUT2D eigenvalue weighted by Gasteiger charge is -2.31. The monoisotopic (exact) mass is 449 g/mol. The molecule has 9 nitrogen and oxygen atoms in total. The number of aromatic nitrogens is 2. The van der Waals surface area contributed by atoms with E-state index in [4.69, 9.17) is 4.74 Å². The number of benzene rings is 1. The fourth-order valence-corrected chi connectivity index (χ4v) is 5.24. The van der Waals surface area contributed by atoms with Gasteiger partial charge in [0.15, 0.2) is 0 Å². The van der Waals surface area contributed by atoms with Gasteiger partial charge in [-0.1, -0.05) is 0 Å². The van der Waals surface area contributed by atoms with Crippen LogP contribution in [-0.2, 0) is 19.6 Å². The summed E-state index contributed by atoms with van der Waals surface area (Å²) in [7, 11) is -4.01. The van der Waals surface area contributed by atoms with Crippen molar-refractivity contribution in [2.75, 3.05) is 49.6 Å². The lowest BCUT2D eigenvalue weighted by Crippen LogP contribution is -2.41. The standard InChI is InChI=1S/C20H24FN5O4S/c21-17-3-2-16(14-18(17)31(28,29)26-10-12-30-13-11-26)24-19(27)15-4-8-25(9-5-15)20-22-6-1-7-23-20/h1-3,6-7,14-15H,4-5,8-13H2,(H,24,27). The first-order chi connectivity index (χ1) is 14.9. The molecule has 0 bridgehead atoms. The van der Waals surface area contributed by atoms with Crippen molar-refractivity contribution < 1.29 is 22.3 Å². The van der Waals surface area contributed by atoms with E-state index in [0.29, 0.717) is 31.9 Å². The van der Waals surface area contributed by atoms with Gasteiger partial charge in [-0.15, -0.1) is 0 Å². The maximum atomic E-state index is 14.3. The van der Waals surface area contributed by atoms with Crippen LogP contribution in [0.25, 0.3) is 0 Å². The van der Waals surface area contributed by atoms with Gasteiger partial charge < -0.3 is 15.0 Å². The third-order valence-electron chi connectivity index (χ3n) is 5.49. The molecule has 1 amide bonds. The first kappa shape index (κ1) is 21.6. The molecule has 2 saturated heterocycles. The fourth-order valence-electron chi connectivity index (χ4n) is 3.75. The minimum atomic E-state index is -4.01. The van der Waals surface area contributed by atoms with Crippen LogP contribution in [0.5, 0.6) is 0 Å². The number of carbonyl (C=O) groups excluding carboxylic acids is 1. The highest BCUT2D eigenvalue weighted by molar-refractivity contribution is 7.89. The molecule has 2 fully saturated rings. The van der Waals surface area contributed by atoms with Crippen molar-refractivity contribution in [1.82, 2.24) is 14.3 Å². The quantitative estimate of drug-likeness (QED) is 0.737. The van der Waals surface area contributed by atoms with Crippen LogP contribution >= 0.6 is 0 Å². The largest absolute Gasteiger partial charge is 0.379 e. The summed E-state index contributed by atoms with van der Waals surface area (Å²) in [5.74, 6) is -0.655. The van der Waals surface area contributed by atoms with E-state index >= 15 is 0 Å². The van der Waals surface area contributed by atoms with Crippen LogP contribution in [0.3, 0.4) is 0 Å². The number of nitrogens with zero attached hydrogens (tertiary/aromatic N) is 4. The molecule has 1 aromatic heterocycles. The van der Waals surface area contributed by atoms with Gasteiger partial charge in [-0.25, -0.2) is 22.8 Å². The van der Waals surface area contributed by atoms with E-state index in [1.807, 2.05) is 4.90 Å². The number of ether oxygens (including phenoxy) is 1. The highest BCUT2D eigenvalue weighted by atomic mass is 32.2. The summed E-state index contributed by atoms with van der Waals surface area (Å²) in [6, 6.07) is 5.38. The Morgan fingerprint density at radius 2 is 1.77 bits per heavy atom. The number of hydrogen-bond donors (Lipinski definition) is 1. The maximum absolute atomic E-state index is 14.3. The van der Waals surface area contributed by atoms with E-state index in [9.17, 15) is 17.6 Å². The smallest absolute Gasteiger partial charge is 0.246 e. The molecule has 0 atom stereocenters. The Kier molecular flexibility index (Phi) is 6.44. The minimum Gasteiger partial charge on any atom is -0.379 e. The van der Waals surface area contributed by atoms with E-state index in [1.54, 1.807) is 18.5 Å². The van der Waals surface area contributed by atoms with E-state index in [-0.39, 0.29) is 43.8 Å². The van der Waals surface area contributed by atoms with E-state index in [0.717, 1.165) is 6.07 Å². The zero-order chi connectivity index (χ0) is 21.8. The molecule has 1 aromatic carbocycles. The average Bonchev–Trinajstić information content (AvgIpc) is 2.81. The van der Waals surface area contributed by atoms with Crippen LogP contribution in [0.15, 0.2) is 41.6 Å². The number of morpholine rings is 1. The third kappa shape index (κ3) is 4.83. The number of carbonyl (C=O) groups is 1. The van der Waals surface area contributed by atoms with E-state index < -0.39 is 20.7 Å². The van der Waals surface area contributed by atoms with Gasteiger partial charge in [0.1, 0.15) is 10.7 Å². The van der Waals surface area contributed by atoms with Gasteiger partial charge in [-0.3, -0.25) is 4.79 Å². The summed E-state index contributed by atoms with van der Waals surface area (Å²) in [5.41, 5.74) is 0.257. The van der Waals surface area contributed by atoms with Crippen LogP contribution in [0.4, 0.5) is 16.0 Å². The lowest BCUT2D eigenvalue weighted by molar-refractivity contribution is -0.120. The van der Waals surface area contributed by atoms with Gasteiger partial charge in [0.05, 0.1) is 13.2 Å². The first-order valence-corrected chi connectivity index (χ1v) is 11.6. The first-order valence-electron chi connectivity index (χ1n) is 10.2. The van der Waals surface area contributed by atoms with E-state index in [1.165, 1.54) is 16.4 Å². The highest BCUT2D eigenvalue weighted by Gasteiger charge is 2.30. The van der Waals surface area contributed by atoms with Gasteiger partial charge in [0.2, 0.25) is 21.9 Å². The van der Waals surface area contributed by atoms with Crippen molar-refractivity contribution in [3.63, 3.8) is 0 Å². The Morgan fingerprint density at radius 1 is 1.10 bits per heavy atom. The Balaban J connectivity index is 1.41. The second-order valence-corrected chi connectivity index (χ2v) is 9.37. The molecule has 2 aliphatic heterocycles. The number of anilines is 2. The van der Waals surface area contributed by atoms with Gasteiger partial charge in [0, 0.05) is 50.2 Å². The Labute approximate surface area is 180 Å². The number of hydrogen-bond acceptors (Lipinski definition) is 7. The molecule has 2 aromatic rings. The highest BCUT2D eigenvalue weighted by Crippen LogP contribution is 2.26. The molecule has 0 aliphatic carbocycles. The van der Waals surface area contributed by atoms with Crippen LogP contribution < -0.4 is 10.2 Å². The number of nitrogens with one attached hydrogen (secondary N) is 1. The molecule has 11 heteroatoms. The number of halogens is 1. The normalized spacial score (nSPS) is 18.7. The topological polar surface area (TPSA) is 105 Å². The Hall–Kier alpha value is -2.63. The molecule has 3 heterocycles. The van der Waals surface area contributed by atoms with Crippen molar-refractivity contribution >= 4 is 27.6 Å². The second-order valence-electron chi connectivity index (χ2n) is 7.46. The molecule has 0 unspecified atom stereocenters. The van der Waals surface area contributed by atoms with Crippen molar-refractivity contribution in [3.8, 4) is 0 Å². The summed E-state index contributed by atoms with van der Waals surface area (Å²) < 4.78 is 46.4. The predicted molar refractivity (Wildman–Crippen MR) is 112 cm³/mol. The molecule has 0 spiro atoms. The van der Waals surface area contributed by atoms with Gasteiger partial charge >= 0.3 is 0 Å². The molecular weight excluding hydrogens is 425 g/mol. The number of sulfonamides is 1. The second kappa shape index (κ2) is 9.25. The van der Waals surface area contributed by atoms with Crippen LogP contribution in [0.2, 0.25) is 0 Å². The zero-order valence-electron chi connectivity index (χ0n) is 16.9. The lowest BCUT2D eigenvalue weighted by atomic mass is 9.96. The SMILES string of the molecule is O=C(Nc1ccc(F)c(S(=O)(=O)N2CCOCC2)c1)C1CCN(c2ncccn2)CC1. The fraction of sp³-hybridized carbons (Fsp3) is 0.450. The Bertz CT molecular complexity index is 1020. The predicted octanol–water partition coefficient (Wildman–Crippen LogP) is 1.49. The summed E-state index contributed by atoms with van der Waals surface area (Å²) in [5, 5.41) is 2.75.